The lowest BCUT2D eigenvalue weighted by Crippen LogP contribution is -2.39. The highest BCUT2D eigenvalue weighted by atomic mass is 35.5. The summed E-state index contributed by atoms with van der Waals surface area (Å²) in [7, 11) is -0.825. The number of thioether (sulfide) groups is 4. The van der Waals surface area contributed by atoms with Gasteiger partial charge in [0.05, 0.1) is 156 Å². The molecule has 0 spiro atoms. The third kappa shape index (κ3) is 31.1. The first-order valence-electron chi connectivity index (χ1n) is 43.1. The summed E-state index contributed by atoms with van der Waals surface area (Å²) in [5.74, 6) is -0.587. The molecule has 1 fully saturated rings. The number of azide groups is 1. The average Bonchev–Trinajstić information content (AvgIpc) is 1.64. The third-order valence-corrected chi connectivity index (χ3v) is 29.8. The van der Waals surface area contributed by atoms with E-state index in [4.69, 9.17) is 44.9 Å². The maximum Gasteiger partial charge on any atom is 0.261 e. The Hall–Kier alpha value is -11.2. The fourth-order valence-corrected chi connectivity index (χ4v) is 18.7. The standard InChI is InChI=1S/C19H24N4O3S3.C17H17N3O3S.C11H10N4O3.C11H12N2O3.C11H9NO3.C9H9ClN2O2S2.C9H15N3OS.C5H5ClN2S/c1-23(2)29(25,26)15-6-7-16-17(10-15)28-19(22-16)9-5-13(24)4-8-18-20-11-14(27-3)12-21-18;1-24-12-8-18-15(19-9-12)7-6-11(21)10-20-16(22)13-4-2-3-5-14(13)17(20)23;12-14-13-5-7(16)6-15-10(17)8-3-1-2-4-9(8)11(15)18;12-5-7(14)6-13-10(15)8-3-1-2-4-9(8)11(13)16;13-10-8-3-1-2-4-9(8)11(14)12(10)5-7-6-15-7;1-12(2)16(13,14)6-3-4-7-8(5-6)15-9(10)11-7;1-14-8-5-11-9(12-6-8)3-2-7(13)4-10;1-9-4-2-7-5(6)8-3-4/h6-7,10-13,24H,4-5,8-9H2,1-3H3;2-5,8-9,11,21H,6-7,10H2,1H3;1-4,7,16H,5-6H2;1-4,7,14H,5-6,12H2;1-4,7H,5-6H2;3-5H,1-2H3;5-7,13H,2-4,10H2,1H3;2-3H,1H3/t13-;11-;3*7-;;7-;/m00000.0./s1. The topological polar surface area (TPSA) is 568 Å². The number of epoxide rings is 1. The molecule has 0 radical (unpaired) electrons. The Balaban J connectivity index is 0.000000169. The van der Waals surface area contributed by atoms with Gasteiger partial charge < -0.3 is 41.7 Å². The molecule has 12 aromatic rings. The van der Waals surface area contributed by atoms with Gasteiger partial charge in [-0.3, -0.25) is 58.0 Å². The number of halogens is 2. The number of aliphatic hydroxyl groups is 5. The molecule has 6 atom stereocenters. The third-order valence-electron chi connectivity index (χ3n) is 21.1. The predicted octanol–water partition coefficient (Wildman–Crippen LogP) is 10.5. The minimum atomic E-state index is -3.46. The summed E-state index contributed by atoms with van der Waals surface area (Å²) in [6.45, 7) is 0.920. The van der Waals surface area contributed by atoms with Crippen molar-refractivity contribution in [2.75, 3.05) is 106 Å². The number of benzene rings is 6. The van der Waals surface area contributed by atoms with Gasteiger partial charge in [-0.05, 0) is 153 Å². The zero-order valence-electron chi connectivity index (χ0n) is 77.3. The molecule has 9 N–H and O–H groups in total. The van der Waals surface area contributed by atoms with Gasteiger partial charge in [0.2, 0.25) is 25.3 Å². The van der Waals surface area contributed by atoms with Gasteiger partial charge >= 0.3 is 0 Å². The second-order valence-electron chi connectivity index (χ2n) is 31.2. The van der Waals surface area contributed by atoms with E-state index >= 15 is 0 Å². The number of aryl methyl sites for hydroxylation is 4. The molecule has 141 heavy (non-hydrogen) atoms. The number of carbonyl (C=O) groups is 8. The van der Waals surface area contributed by atoms with Gasteiger partial charge in [-0.2, -0.15) is 0 Å². The molecule has 744 valence electrons. The Morgan fingerprint density at radius 1 is 0.440 bits per heavy atom. The first-order valence-corrected chi connectivity index (χ1v) is 53.2. The van der Waals surface area contributed by atoms with Crippen molar-refractivity contribution in [3.8, 4) is 0 Å². The molecule has 6 aromatic heterocycles. The first kappa shape index (κ1) is 112. The lowest BCUT2D eigenvalue weighted by molar-refractivity contribution is 0.0527. The van der Waals surface area contributed by atoms with E-state index in [0.29, 0.717) is 137 Å². The van der Waals surface area contributed by atoms with E-state index in [2.05, 4.69) is 59.9 Å². The van der Waals surface area contributed by atoms with Crippen LogP contribution in [0.25, 0.3) is 30.9 Å². The summed E-state index contributed by atoms with van der Waals surface area (Å²) < 4.78 is 57.7. The number of carbonyl (C=O) groups excluding carboxylic acids is 8. The number of hydrogen-bond donors (Lipinski definition) is 7. The van der Waals surface area contributed by atoms with Crippen LogP contribution >= 0.6 is 92.9 Å². The Bertz CT molecular complexity index is 6520. The first-order chi connectivity index (χ1) is 67.4. The van der Waals surface area contributed by atoms with Crippen molar-refractivity contribution in [1.29, 1.82) is 0 Å². The summed E-state index contributed by atoms with van der Waals surface area (Å²) in [6.07, 6.45) is 22.9. The van der Waals surface area contributed by atoms with Crippen LogP contribution in [0.3, 0.4) is 0 Å². The van der Waals surface area contributed by atoms with E-state index in [1.165, 1.54) is 70.4 Å². The van der Waals surface area contributed by atoms with Gasteiger partial charge in [0.15, 0.2) is 4.47 Å². The SMILES string of the molecule is CN(C)S(=O)(=O)c1ccc2nc(Cl)sc2c1.CSc1cnc(CC[C@H](O)CCc2nc3ccc(S(=O)(=O)N(C)C)cc3s2)nc1.CSc1cnc(CC[C@H](O)CN)nc1.CSc1cnc(CC[C@H](O)CN2C(=O)c3ccccc3C2=O)nc1.CSc1cnc(Cl)nc1.NC[C@H](O)CN1C(=O)c2ccccc2C1=O.O=C1c2ccccc2C(=O)N1C[C@H]1CO1.[N-]=[N+]=NC[C@H](O)CN1C(=O)c2ccccc2C1=O. The number of sulfonamides is 2. The number of hydrogen-bond acceptors (Lipinski definition) is 37. The Morgan fingerprint density at radius 2 is 0.745 bits per heavy atom. The van der Waals surface area contributed by atoms with Crippen LogP contribution in [-0.2, 0) is 50.5 Å². The van der Waals surface area contributed by atoms with Crippen molar-refractivity contribution in [2.45, 2.75) is 117 Å². The van der Waals surface area contributed by atoms with Crippen molar-refractivity contribution in [2.24, 2.45) is 16.6 Å². The van der Waals surface area contributed by atoms with Gasteiger partial charge in [-0.25, -0.2) is 75.3 Å². The maximum atomic E-state index is 12.3. The highest BCUT2D eigenvalue weighted by molar-refractivity contribution is 7.99. The van der Waals surface area contributed by atoms with Crippen LogP contribution in [0, 0.1) is 0 Å². The average molecular weight is 2120 g/mol. The molecule has 1 saturated heterocycles. The smallest absolute Gasteiger partial charge is 0.261 e. The van der Waals surface area contributed by atoms with E-state index in [9.17, 15) is 80.7 Å². The molecule has 49 heteroatoms. The number of thiazole rings is 2. The van der Waals surface area contributed by atoms with Gasteiger partial charge in [0.1, 0.15) is 17.5 Å². The molecule has 0 bridgehead atoms. The number of nitrogens with zero attached hydrogens (tertiary/aromatic N) is 19. The molecule has 0 unspecified atom stereocenters. The van der Waals surface area contributed by atoms with Gasteiger partial charge in [-0.15, -0.1) is 69.7 Å². The largest absolute Gasteiger partial charge is 0.393 e. The number of aliphatic hydroxyl groups excluding tert-OH is 5. The lowest BCUT2D eigenvalue weighted by Gasteiger charge is -2.18. The van der Waals surface area contributed by atoms with Gasteiger partial charge in [-0.1, -0.05) is 65.2 Å². The second-order valence-corrected chi connectivity index (χ2v) is 42.1. The monoisotopic (exact) mass is 2110 g/mol. The van der Waals surface area contributed by atoms with Crippen molar-refractivity contribution < 1.29 is 85.5 Å². The fourth-order valence-electron chi connectivity index (χ4n) is 13.2. The maximum absolute atomic E-state index is 12.3. The van der Waals surface area contributed by atoms with Crippen molar-refractivity contribution in [1.82, 2.24) is 78.0 Å². The quantitative estimate of drug-likeness (QED) is 0.00392. The van der Waals surface area contributed by atoms with E-state index in [1.54, 1.807) is 224 Å². The molecule has 5 aliphatic heterocycles. The Morgan fingerprint density at radius 3 is 1.08 bits per heavy atom. The van der Waals surface area contributed by atoms with E-state index in [0.717, 1.165) is 65.9 Å². The number of rotatable bonds is 32. The number of imide groups is 4. The number of nitrogens with two attached hydrogens (primary N) is 2. The van der Waals surface area contributed by atoms with E-state index < -0.39 is 62.4 Å². The summed E-state index contributed by atoms with van der Waals surface area (Å²) in [6, 6.07) is 36.4. The molecule has 5 aliphatic rings. The van der Waals surface area contributed by atoms with Crippen LogP contribution in [-0.4, -0.2) is 310 Å². The number of aromatic nitrogens is 10. The number of amides is 8. The summed E-state index contributed by atoms with van der Waals surface area (Å²) in [4.78, 5) is 149. The minimum Gasteiger partial charge on any atom is -0.393 e. The summed E-state index contributed by atoms with van der Waals surface area (Å²) in [5.41, 5.74) is 23.4. The van der Waals surface area contributed by atoms with Gasteiger partial charge in [0.25, 0.3) is 47.3 Å². The van der Waals surface area contributed by atoms with Crippen molar-refractivity contribution >= 4 is 181 Å². The minimum absolute atomic E-state index is 0.0186. The highest BCUT2D eigenvalue weighted by Gasteiger charge is 2.41. The van der Waals surface area contributed by atoms with Crippen LogP contribution in [0.5, 0.6) is 0 Å². The van der Waals surface area contributed by atoms with Gasteiger partial charge in [0, 0.05) is 141 Å². The van der Waals surface area contributed by atoms with Crippen LogP contribution in [0.1, 0.15) is 131 Å². The number of β-amino-alcohol motifs (C(OH)–C–C–N with tert-alkyl or cyclic N) is 3. The van der Waals surface area contributed by atoms with Crippen molar-refractivity contribution in [3.05, 3.63) is 270 Å². The van der Waals surface area contributed by atoms with Crippen LogP contribution < -0.4 is 11.5 Å². The van der Waals surface area contributed by atoms with E-state index in [1.807, 2.05) is 25.0 Å². The van der Waals surface area contributed by atoms with Crippen molar-refractivity contribution in [3.63, 3.8) is 0 Å². The summed E-state index contributed by atoms with van der Waals surface area (Å²) >= 11 is 20.3. The summed E-state index contributed by atoms with van der Waals surface area (Å²) in [5, 5.41) is 53.0. The molecule has 6 aromatic carbocycles. The zero-order chi connectivity index (χ0) is 102. The lowest BCUT2D eigenvalue weighted by atomic mass is 10.1. The number of fused-ring (bicyclic) bond motifs is 6. The predicted molar refractivity (Wildman–Crippen MR) is 539 cm³/mol. The van der Waals surface area contributed by atoms with E-state index in [-0.39, 0.29) is 84.1 Å². The van der Waals surface area contributed by atoms with Crippen LogP contribution in [0.2, 0.25) is 9.75 Å². The molecule has 39 nitrogen and oxygen atoms in total. The Labute approximate surface area is 847 Å². The zero-order valence-corrected chi connectivity index (χ0v) is 85.4. The Kier molecular flexibility index (Phi) is 42.6. The van der Waals surface area contributed by atoms with Crippen LogP contribution in [0.4, 0.5) is 0 Å². The molecular formula is C92H101Cl2N21O18S8. The molecular weight excluding hydrogens is 2010 g/mol. The highest BCUT2D eigenvalue weighted by Crippen LogP contribution is 2.33. The molecule has 0 aliphatic carbocycles. The van der Waals surface area contributed by atoms with Crippen LogP contribution in [0.15, 0.2) is 218 Å². The molecule has 0 saturated carbocycles. The number of ether oxygens (including phenoxy) is 1. The molecule has 8 amide bonds. The molecule has 17 rings (SSSR count). The normalized spacial score (nSPS) is 14.8. The fraction of sp³-hybridized carbons (Fsp3) is 0.326. The second kappa shape index (κ2) is 53.7. The molecule has 11 heterocycles.